The summed E-state index contributed by atoms with van der Waals surface area (Å²) < 4.78 is 11.5. The Morgan fingerprint density at radius 2 is 2.21 bits per heavy atom. The molecule has 1 saturated heterocycles. The molecule has 0 unspecified atom stereocenters. The molecule has 5 nitrogen and oxygen atoms in total. The number of H-pyrrole nitrogens is 1. The number of aromatic nitrogens is 3. The summed E-state index contributed by atoms with van der Waals surface area (Å²) in [7, 11) is 0. The molecule has 1 aliphatic rings. The molecule has 1 aromatic carbocycles. The molecule has 1 N–H and O–H groups in total. The number of aromatic amines is 1. The van der Waals surface area contributed by atoms with E-state index in [1.54, 1.807) is 18.0 Å². The largest absolute Gasteiger partial charge is 0.346 e. The molecule has 0 saturated carbocycles. The Balaban J connectivity index is 1.53. The van der Waals surface area contributed by atoms with Gasteiger partial charge in [0.2, 0.25) is 0 Å². The topological polar surface area (TPSA) is 60.0 Å². The average molecular weight is 298 g/mol. The molecule has 1 fully saturated rings. The van der Waals surface area contributed by atoms with Crippen molar-refractivity contribution in [2.75, 3.05) is 12.4 Å². The van der Waals surface area contributed by atoms with Gasteiger partial charge in [0.25, 0.3) is 0 Å². The minimum Gasteiger partial charge on any atom is -0.346 e. The lowest BCUT2D eigenvalue weighted by atomic mass is 10.2. The van der Waals surface area contributed by atoms with Gasteiger partial charge in [0.1, 0.15) is 5.03 Å². The SMILES string of the molecule is Clc1ccc([C@@H]2OC[C@H](CSc3cn[nH]n3)O2)cc1. The van der Waals surface area contributed by atoms with E-state index >= 15 is 0 Å². The van der Waals surface area contributed by atoms with E-state index in [1.165, 1.54) is 0 Å². The molecule has 7 heteroatoms. The van der Waals surface area contributed by atoms with Crippen molar-refractivity contribution < 1.29 is 9.47 Å². The fourth-order valence-electron chi connectivity index (χ4n) is 1.77. The standard InChI is InChI=1S/C12H12ClN3O2S/c13-9-3-1-8(2-4-9)12-17-6-10(18-12)7-19-11-5-14-16-15-11/h1-5,10,12H,6-7H2,(H,14,15,16)/t10-,12-/m1/s1. The van der Waals surface area contributed by atoms with E-state index in [4.69, 9.17) is 21.1 Å². The normalized spacial score (nSPS) is 22.8. The van der Waals surface area contributed by atoms with Crippen molar-refractivity contribution in [1.82, 2.24) is 15.4 Å². The predicted molar refractivity (Wildman–Crippen MR) is 72.1 cm³/mol. The molecule has 1 aromatic heterocycles. The van der Waals surface area contributed by atoms with Crippen molar-refractivity contribution in [2.45, 2.75) is 17.4 Å². The molecule has 0 radical (unpaired) electrons. The Kier molecular flexibility index (Phi) is 4.03. The molecule has 2 atom stereocenters. The maximum Gasteiger partial charge on any atom is 0.184 e. The molecule has 2 heterocycles. The predicted octanol–water partition coefficient (Wildman–Crippen LogP) is 2.66. The van der Waals surface area contributed by atoms with E-state index in [0.29, 0.717) is 11.6 Å². The van der Waals surface area contributed by atoms with E-state index in [9.17, 15) is 0 Å². The second kappa shape index (κ2) is 5.92. The molecule has 1 aliphatic heterocycles. The van der Waals surface area contributed by atoms with E-state index in [0.717, 1.165) is 16.3 Å². The summed E-state index contributed by atoms with van der Waals surface area (Å²) in [4.78, 5) is 0. The number of benzene rings is 1. The van der Waals surface area contributed by atoms with Crippen LogP contribution < -0.4 is 0 Å². The van der Waals surface area contributed by atoms with Crippen LogP contribution in [0.2, 0.25) is 5.02 Å². The van der Waals surface area contributed by atoms with Crippen molar-refractivity contribution in [3.05, 3.63) is 41.0 Å². The van der Waals surface area contributed by atoms with Crippen molar-refractivity contribution in [1.29, 1.82) is 0 Å². The fourth-order valence-corrected chi connectivity index (χ4v) is 2.66. The fraction of sp³-hybridized carbons (Fsp3) is 0.333. The zero-order valence-electron chi connectivity index (χ0n) is 9.95. The molecule has 3 rings (SSSR count). The first-order valence-electron chi connectivity index (χ1n) is 5.82. The monoisotopic (exact) mass is 297 g/mol. The molecule has 0 aliphatic carbocycles. The Hall–Kier alpha value is -1.08. The third-order valence-corrected chi connectivity index (χ3v) is 3.98. The highest BCUT2D eigenvalue weighted by Gasteiger charge is 2.27. The minimum absolute atomic E-state index is 0.0578. The van der Waals surface area contributed by atoms with Gasteiger partial charge in [-0.05, 0) is 12.1 Å². The van der Waals surface area contributed by atoms with Gasteiger partial charge in [0, 0.05) is 16.3 Å². The summed E-state index contributed by atoms with van der Waals surface area (Å²) >= 11 is 7.45. The second-order valence-corrected chi connectivity index (χ2v) is 5.57. The third-order valence-electron chi connectivity index (χ3n) is 2.70. The quantitative estimate of drug-likeness (QED) is 0.879. The lowest BCUT2D eigenvalue weighted by molar-refractivity contribution is -0.0565. The van der Waals surface area contributed by atoms with Gasteiger partial charge in [0.05, 0.1) is 18.9 Å². The number of thioether (sulfide) groups is 1. The van der Waals surface area contributed by atoms with Crippen LogP contribution >= 0.6 is 23.4 Å². The summed E-state index contributed by atoms with van der Waals surface area (Å²) in [6, 6.07) is 7.50. The summed E-state index contributed by atoms with van der Waals surface area (Å²) in [6.45, 7) is 0.581. The lowest BCUT2D eigenvalue weighted by Crippen LogP contribution is -2.12. The number of nitrogens with one attached hydrogen (secondary N) is 1. The molecule has 0 amide bonds. The zero-order valence-corrected chi connectivity index (χ0v) is 11.5. The number of halogens is 1. The first-order chi connectivity index (χ1) is 9.31. The highest BCUT2D eigenvalue weighted by atomic mass is 35.5. The highest BCUT2D eigenvalue weighted by Crippen LogP contribution is 2.30. The zero-order chi connectivity index (χ0) is 13.1. The van der Waals surface area contributed by atoms with E-state index < -0.39 is 0 Å². The van der Waals surface area contributed by atoms with Crippen LogP contribution in [0.25, 0.3) is 0 Å². The van der Waals surface area contributed by atoms with Crippen LogP contribution in [0.3, 0.4) is 0 Å². The maximum absolute atomic E-state index is 5.85. The summed E-state index contributed by atoms with van der Waals surface area (Å²) in [5.74, 6) is 0.788. The highest BCUT2D eigenvalue weighted by molar-refractivity contribution is 7.99. The van der Waals surface area contributed by atoms with Crippen LogP contribution in [0.4, 0.5) is 0 Å². The average Bonchev–Trinajstić information content (AvgIpc) is 3.09. The number of hydrogen-bond acceptors (Lipinski definition) is 5. The summed E-state index contributed by atoms with van der Waals surface area (Å²) in [6.07, 6.45) is 1.44. The van der Waals surface area contributed by atoms with E-state index in [1.807, 2.05) is 24.3 Å². The third kappa shape index (κ3) is 3.27. The van der Waals surface area contributed by atoms with Crippen LogP contribution in [0.1, 0.15) is 11.9 Å². The summed E-state index contributed by atoms with van der Waals surface area (Å²) in [5.41, 5.74) is 0.985. The van der Waals surface area contributed by atoms with Crippen LogP contribution in [0, 0.1) is 0 Å². The number of rotatable bonds is 4. The molecular weight excluding hydrogens is 286 g/mol. The van der Waals surface area contributed by atoms with Crippen LogP contribution in [0.5, 0.6) is 0 Å². The van der Waals surface area contributed by atoms with Gasteiger partial charge in [-0.3, -0.25) is 0 Å². The number of nitrogens with zero attached hydrogens (tertiary/aromatic N) is 2. The molecule has 0 bridgehead atoms. The molecule has 0 spiro atoms. The Bertz CT molecular complexity index is 520. The van der Waals surface area contributed by atoms with E-state index in [2.05, 4.69) is 15.4 Å². The van der Waals surface area contributed by atoms with Crippen molar-refractivity contribution >= 4 is 23.4 Å². The van der Waals surface area contributed by atoms with Crippen molar-refractivity contribution in [3.63, 3.8) is 0 Å². The van der Waals surface area contributed by atoms with Gasteiger partial charge in [-0.25, -0.2) is 0 Å². The van der Waals surface area contributed by atoms with E-state index in [-0.39, 0.29) is 12.4 Å². The van der Waals surface area contributed by atoms with Gasteiger partial charge < -0.3 is 9.47 Å². The van der Waals surface area contributed by atoms with Crippen LogP contribution in [-0.4, -0.2) is 33.9 Å². The smallest absolute Gasteiger partial charge is 0.184 e. The molecule has 2 aromatic rings. The van der Waals surface area contributed by atoms with Crippen molar-refractivity contribution in [3.8, 4) is 0 Å². The second-order valence-electron chi connectivity index (χ2n) is 4.09. The number of ether oxygens (including phenoxy) is 2. The molecule has 19 heavy (non-hydrogen) atoms. The van der Waals surface area contributed by atoms with Crippen LogP contribution in [0.15, 0.2) is 35.5 Å². The Labute approximate surface area is 119 Å². The maximum atomic E-state index is 5.85. The Morgan fingerprint density at radius 3 is 2.95 bits per heavy atom. The first kappa shape index (κ1) is 12.9. The summed E-state index contributed by atoms with van der Waals surface area (Å²) in [5, 5.41) is 11.9. The lowest BCUT2D eigenvalue weighted by Gasteiger charge is -2.11. The van der Waals surface area contributed by atoms with Gasteiger partial charge in [-0.15, -0.1) is 16.9 Å². The minimum atomic E-state index is -0.305. The number of hydrogen-bond donors (Lipinski definition) is 1. The van der Waals surface area contributed by atoms with Crippen molar-refractivity contribution in [2.24, 2.45) is 0 Å². The first-order valence-corrected chi connectivity index (χ1v) is 7.19. The van der Waals surface area contributed by atoms with Gasteiger partial charge in [-0.2, -0.15) is 10.3 Å². The molecular formula is C12H12ClN3O2S. The van der Waals surface area contributed by atoms with Gasteiger partial charge in [-0.1, -0.05) is 23.7 Å². The van der Waals surface area contributed by atoms with Gasteiger partial charge >= 0.3 is 0 Å². The Morgan fingerprint density at radius 1 is 1.37 bits per heavy atom. The van der Waals surface area contributed by atoms with Crippen LogP contribution in [-0.2, 0) is 9.47 Å². The molecule has 100 valence electrons. The van der Waals surface area contributed by atoms with Gasteiger partial charge in [0.15, 0.2) is 6.29 Å².